The third-order valence-corrected chi connectivity index (χ3v) is 21.0. The van der Waals surface area contributed by atoms with Gasteiger partial charge in [-0.2, -0.15) is 0 Å². The third-order valence-electron chi connectivity index (χ3n) is 7.96. The van der Waals surface area contributed by atoms with Gasteiger partial charge in [-0.05, 0) is 45.4 Å². The van der Waals surface area contributed by atoms with Gasteiger partial charge in [0.1, 0.15) is 14.2 Å². The van der Waals surface area contributed by atoms with Gasteiger partial charge in [-0.3, -0.25) is 4.79 Å². The maximum Gasteiger partial charge on any atom is 0.304 e. The van der Waals surface area contributed by atoms with E-state index in [0.29, 0.717) is 46.5 Å². The maximum absolute atomic E-state index is 11.3. The van der Waals surface area contributed by atoms with Gasteiger partial charge in [0.15, 0.2) is 6.10 Å². The molecule has 0 aromatic heterocycles. The number of aliphatic hydroxyl groups is 1. The molecular formula is C35H66O5Si3. The van der Waals surface area contributed by atoms with Crippen LogP contribution in [0.2, 0.25) is 52.9 Å². The van der Waals surface area contributed by atoms with Crippen molar-refractivity contribution < 1.29 is 23.5 Å². The maximum atomic E-state index is 11.3. The van der Waals surface area contributed by atoms with Gasteiger partial charge in [-0.1, -0.05) is 127 Å². The number of esters is 1. The van der Waals surface area contributed by atoms with Crippen molar-refractivity contribution >= 4 is 30.7 Å². The molecule has 0 aliphatic carbocycles. The zero-order chi connectivity index (χ0) is 34.2. The monoisotopic (exact) mass is 650 g/mol. The Bertz CT molecular complexity index is 913. The van der Waals surface area contributed by atoms with Gasteiger partial charge in [-0.15, -0.1) is 12.0 Å². The molecule has 0 saturated carbocycles. The summed E-state index contributed by atoms with van der Waals surface area (Å²) in [6.45, 7) is 36.2. The van der Waals surface area contributed by atoms with Crippen LogP contribution < -0.4 is 0 Å². The normalized spacial score (nSPS) is 14.4. The van der Waals surface area contributed by atoms with Crippen LogP contribution >= 0.6 is 0 Å². The fraction of sp³-hybridized carbons (Fsp3) is 0.743. The Kier molecular flexibility index (Phi) is 20.9. The Balaban J connectivity index is 0. The van der Waals surface area contributed by atoms with Crippen LogP contribution in [0.5, 0.6) is 0 Å². The molecule has 0 aromatic rings. The largest absolute Gasteiger partial charge is 0.445 e. The highest BCUT2D eigenvalue weighted by atomic mass is 28.4. The van der Waals surface area contributed by atoms with E-state index in [1.807, 2.05) is 18.2 Å². The lowest BCUT2D eigenvalue weighted by Crippen LogP contribution is -2.47. The average molecular weight is 651 g/mol. The molecule has 0 saturated heterocycles. The lowest BCUT2D eigenvalue weighted by Gasteiger charge is -2.41. The molecular weight excluding hydrogens is 585 g/mol. The Labute approximate surface area is 269 Å². The van der Waals surface area contributed by atoms with Gasteiger partial charge in [0.2, 0.25) is 16.6 Å². The highest BCUT2D eigenvalue weighted by molar-refractivity contribution is 6.83. The lowest BCUT2D eigenvalue weighted by atomic mass is 10.3. The van der Waals surface area contributed by atoms with Crippen LogP contribution in [-0.2, 0) is 18.4 Å². The predicted molar refractivity (Wildman–Crippen MR) is 194 cm³/mol. The molecule has 8 heteroatoms. The first-order valence-corrected chi connectivity index (χ1v) is 23.8. The van der Waals surface area contributed by atoms with Crippen LogP contribution in [0.3, 0.4) is 0 Å². The summed E-state index contributed by atoms with van der Waals surface area (Å²) in [5, 5.41) is 9.25. The molecule has 43 heavy (non-hydrogen) atoms. The van der Waals surface area contributed by atoms with Gasteiger partial charge >= 0.3 is 5.97 Å². The number of rotatable bonds is 15. The van der Waals surface area contributed by atoms with Crippen LogP contribution in [0.4, 0.5) is 0 Å². The fourth-order valence-electron chi connectivity index (χ4n) is 6.39. The third kappa shape index (κ3) is 15.4. The number of ether oxygens (including phenoxy) is 1. The highest BCUT2D eigenvalue weighted by Gasteiger charge is 2.45. The molecule has 5 nitrogen and oxygen atoms in total. The molecule has 2 atom stereocenters. The zero-order valence-corrected chi connectivity index (χ0v) is 33.5. The van der Waals surface area contributed by atoms with Gasteiger partial charge < -0.3 is 18.7 Å². The van der Waals surface area contributed by atoms with Crippen molar-refractivity contribution in [2.75, 3.05) is 13.2 Å². The molecule has 0 aliphatic rings. The SMILES string of the molecule is C#C[C@H](O)/C=C/CO[Si](C(C)C)(C(C)C)C(C)C.CC(=O)O[C@@H](C#C[Si](C)(C)C)/C=C/CO[Si](C(C)C)(C(C)C)C(C)C. The minimum atomic E-state index is -1.87. The van der Waals surface area contributed by atoms with Crippen LogP contribution in [0.1, 0.15) is 90.0 Å². The number of hydrogen-bond donors (Lipinski definition) is 1. The summed E-state index contributed by atoms with van der Waals surface area (Å²) < 4.78 is 18.1. The van der Waals surface area contributed by atoms with E-state index in [0.717, 1.165) is 0 Å². The standard InChI is InChI=1S/C20H38O3Si2.C15H28O2Si/c1-16(2)25(17(3)4,18(5)6)22-14-11-12-20(23-19(7)21)13-15-24(8,9)10;1-8-15(16)10-9-11-17-18(12(2)3,13(4)5)14(6)7/h11-12,16-18,20H,14H2,1-10H3;1,9-10,12-16H,11H2,2-7H3/b12-11+;10-9+/t20-;15-/m10/s1. The molecule has 1 N–H and O–H groups in total. The summed E-state index contributed by atoms with van der Waals surface area (Å²) in [7, 11) is -5.17. The average Bonchev–Trinajstić information content (AvgIpc) is 2.85. The molecule has 0 unspecified atom stereocenters. The second-order valence-electron chi connectivity index (χ2n) is 14.3. The van der Waals surface area contributed by atoms with Crippen molar-refractivity contribution in [1.29, 1.82) is 0 Å². The summed E-state index contributed by atoms with van der Waals surface area (Å²) in [5.41, 5.74) is 6.64. The van der Waals surface area contributed by atoms with Gasteiger partial charge in [0, 0.05) is 6.92 Å². The number of carbonyl (C=O) groups is 1. The number of hydrogen-bond acceptors (Lipinski definition) is 5. The quantitative estimate of drug-likeness (QED) is 0.0828. The minimum absolute atomic E-state index is 0.310. The minimum Gasteiger partial charge on any atom is -0.445 e. The van der Waals surface area contributed by atoms with Crippen LogP contribution in [0.15, 0.2) is 24.3 Å². The summed E-state index contributed by atoms with van der Waals surface area (Å²) in [6.07, 6.45) is 11.1. The lowest BCUT2D eigenvalue weighted by molar-refractivity contribution is -0.142. The van der Waals surface area contributed by atoms with Gasteiger partial charge in [-0.25, -0.2) is 0 Å². The number of aliphatic hydroxyl groups excluding tert-OH is 1. The topological polar surface area (TPSA) is 65.0 Å². The Morgan fingerprint density at radius 2 is 1.07 bits per heavy atom. The summed E-state index contributed by atoms with van der Waals surface area (Å²) >= 11 is 0. The fourth-order valence-corrected chi connectivity index (χ4v) is 17.7. The van der Waals surface area contributed by atoms with E-state index in [1.165, 1.54) is 6.92 Å². The van der Waals surface area contributed by atoms with E-state index in [1.54, 1.807) is 6.08 Å². The molecule has 248 valence electrons. The van der Waals surface area contributed by atoms with Crippen molar-refractivity contribution in [3.05, 3.63) is 24.3 Å². The Hall–Kier alpha value is -1.40. The van der Waals surface area contributed by atoms with Crippen molar-refractivity contribution in [3.63, 3.8) is 0 Å². The van der Waals surface area contributed by atoms with Crippen molar-refractivity contribution in [2.24, 2.45) is 0 Å². The molecule has 0 spiro atoms. The highest BCUT2D eigenvalue weighted by Crippen LogP contribution is 2.43. The Morgan fingerprint density at radius 1 is 0.721 bits per heavy atom. The molecule has 0 fully saturated rings. The molecule has 0 aliphatic heterocycles. The smallest absolute Gasteiger partial charge is 0.304 e. The van der Waals surface area contributed by atoms with E-state index in [-0.39, 0.29) is 5.97 Å². The van der Waals surface area contributed by atoms with E-state index in [9.17, 15) is 9.90 Å². The molecule has 0 amide bonds. The first-order chi connectivity index (χ1) is 19.6. The summed E-state index contributed by atoms with van der Waals surface area (Å²) in [5.74, 6) is 5.04. The summed E-state index contributed by atoms with van der Waals surface area (Å²) in [6, 6.07) is 0. The molecule has 0 rings (SSSR count). The van der Waals surface area contributed by atoms with E-state index in [2.05, 4.69) is 120 Å². The van der Waals surface area contributed by atoms with E-state index < -0.39 is 36.9 Å². The van der Waals surface area contributed by atoms with Crippen molar-refractivity contribution in [2.45, 2.75) is 155 Å². The number of carbonyl (C=O) groups excluding carboxylic acids is 1. The van der Waals surface area contributed by atoms with E-state index >= 15 is 0 Å². The second kappa shape index (κ2) is 20.6. The Morgan fingerprint density at radius 3 is 1.35 bits per heavy atom. The first-order valence-electron chi connectivity index (χ1n) is 16.1. The van der Waals surface area contributed by atoms with Gasteiger partial charge in [0.05, 0.1) is 13.2 Å². The second-order valence-corrected chi connectivity index (χ2v) is 29.9. The van der Waals surface area contributed by atoms with Crippen molar-refractivity contribution in [1.82, 2.24) is 0 Å². The molecule has 0 radical (unpaired) electrons. The van der Waals surface area contributed by atoms with Gasteiger partial charge in [0.25, 0.3) is 0 Å². The molecule has 0 aromatic carbocycles. The number of terminal acetylenes is 1. The first kappa shape index (κ1) is 43.7. The van der Waals surface area contributed by atoms with Crippen molar-refractivity contribution in [3.8, 4) is 23.8 Å². The molecule has 0 heterocycles. The van der Waals surface area contributed by atoms with Crippen LogP contribution in [0.25, 0.3) is 0 Å². The molecule has 0 bridgehead atoms. The summed E-state index contributed by atoms with van der Waals surface area (Å²) in [4.78, 5) is 11.3. The van der Waals surface area contributed by atoms with Crippen LogP contribution in [-0.4, -0.2) is 61.2 Å². The van der Waals surface area contributed by atoms with Crippen LogP contribution in [0, 0.1) is 23.8 Å². The van der Waals surface area contributed by atoms with E-state index in [4.69, 9.17) is 20.0 Å². The predicted octanol–water partition coefficient (Wildman–Crippen LogP) is 9.28. The zero-order valence-electron chi connectivity index (χ0n) is 30.5.